The Bertz CT molecular complexity index is 1680. The lowest BCUT2D eigenvalue weighted by atomic mass is 9.88. The molecule has 0 radical (unpaired) electrons. The molecular formula is C37H43N3O2. The molecule has 0 atom stereocenters. The first-order valence-corrected chi connectivity index (χ1v) is 15.3. The lowest BCUT2D eigenvalue weighted by Crippen LogP contribution is -2.09. The molecule has 218 valence electrons. The predicted molar refractivity (Wildman–Crippen MR) is 172 cm³/mol. The van der Waals surface area contributed by atoms with Crippen LogP contribution in [0.5, 0.6) is 0 Å². The summed E-state index contributed by atoms with van der Waals surface area (Å²) in [5.74, 6) is 0.935. The van der Waals surface area contributed by atoms with Crippen LogP contribution in [0.25, 0.3) is 21.9 Å². The first-order valence-electron chi connectivity index (χ1n) is 15.3. The fraction of sp³-hybridized carbons (Fsp3) is 0.378. The molecule has 0 saturated carbocycles. The van der Waals surface area contributed by atoms with E-state index in [2.05, 4.69) is 106 Å². The number of nitrogens with zero attached hydrogens (tertiary/aromatic N) is 3. The van der Waals surface area contributed by atoms with Gasteiger partial charge in [0.05, 0.1) is 16.7 Å². The minimum absolute atomic E-state index is 0.170. The Kier molecular flexibility index (Phi) is 9.06. The number of ether oxygens (including phenoxy) is 1. The van der Waals surface area contributed by atoms with Crippen molar-refractivity contribution in [3.8, 4) is 0 Å². The molecule has 5 heteroatoms. The summed E-state index contributed by atoms with van der Waals surface area (Å²) < 4.78 is 7.98. The summed E-state index contributed by atoms with van der Waals surface area (Å²) in [6.07, 6.45) is 5.18. The highest BCUT2D eigenvalue weighted by Crippen LogP contribution is 2.29. The van der Waals surface area contributed by atoms with Crippen molar-refractivity contribution in [3.05, 3.63) is 107 Å². The van der Waals surface area contributed by atoms with E-state index in [4.69, 9.17) is 14.7 Å². The van der Waals surface area contributed by atoms with Gasteiger partial charge >= 0.3 is 5.97 Å². The van der Waals surface area contributed by atoms with Gasteiger partial charge in [-0.2, -0.15) is 0 Å². The van der Waals surface area contributed by atoms with Crippen molar-refractivity contribution in [2.75, 3.05) is 0 Å². The number of hydrogen-bond donors (Lipinski definition) is 0. The minimum atomic E-state index is -0.170. The summed E-state index contributed by atoms with van der Waals surface area (Å²) in [5, 5.41) is 1.14. The quantitative estimate of drug-likeness (QED) is 0.152. The van der Waals surface area contributed by atoms with Gasteiger partial charge in [0.2, 0.25) is 0 Å². The Morgan fingerprint density at radius 3 is 2.36 bits per heavy atom. The van der Waals surface area contributed by atoms with Crippen LogP contribution in [0.2, 0.25) is 0 Å². The third-order valence-electron chi connectivity index (χ3n) is 7.70. The number of rotatable bonds is 11. The van der Waals surface area contributed by atoms with Gasteiger partial charge in [-0.15, -0.1) is 0 Å². The van der Waals surface area contributed by atoms with Gasteiger partial charge in [0, 0.05) is 24.8 Å². The van der Waals surface area contributed by atoms with E-state index in [0.29, 0.717) is 19.4 Å². The van der Waals surface area contributed by atoms with Crippen molar-refractivity contribution in [2.24, 2.45) is 5.41 Å². The van der Waals surface area contributed by atoms with Crippen molar-refractivity contribution in [1.29, 1.82) is 0 Å². The number of fused-ring (bicyclic) bond motifs is 3. The monoisotopic (exact) mass is 561 g/mol. The Morgan fingerprint density at radius 2 is 1.60 bits per heavy atom. The Hall–Kier alpha value is -3.99. The van der Waals surface area contributed by atoms with Crippen molar-refractivity contribution in [2.45, 2.75) is 86.3 Å². The minimum Gasteiger partial charge on any atom is -0.461 e. The summed E-state index contributed by atoms with van der Waals surface area (Å²) in [4.78, 5) is 22.5. The summed E-state index contributed by atoms with van der Waals surface area (Å²) >= 11 is 0. The number of unbranched alkanes of at least 4 members (excludes halogenated alkanes) is 1. The van der Waals surface area contributed by atoms with Crippen LogP contribution in [-0.2, 0) is 41.9 Å². The van der Waals surface area contributed by atoms with Crippen LogP contribution >= 0.6 is 0 Å². The molecule has 0 bridgehead atoms. The second-order valence-corrected chi connectivity index (χ2v) is 12.7. The van der Waals surface area contributed by atoms with Gasteiger partial charge in [-0.3, -0.25) is 9.78 Å². The average molecular weight is 562 g/mol. The third kappa shape index (κ3) is 7.25. The zero-order valence-electron chi connectivity index (χ0n) is 25.7. The highest BCUT2D eigenvalue weighted by Gasteiger charge is 2.17. The number of hydrogen-bond acceptors (Lipinski definition) is 4. The van der Waals surface area contributed by atoms with E-state index in [1.807, 2.05) is 6.07 Å². The van der Waals surface area contributed by atoms with Gasteiger partial charge in [0.25, 0.3) is 0 Å². The number of pyridine rings is 1. The van der Waals surface area contributed by atoms with E-state index in [1.54, 1.807) is 0 Å². The van der Waals surface area contributed by atoms with Crippen LogP contribution in [0.3, 0.4) is 0 Å². The number of esters is 1. The van der Waals surface area contributed by atoms with Gasteiger partial charge in [0.1, 0.15) is 17.9 Å². The second-order valence-electron chi connectivity index (χ2n) is 12.7. The Morgan fingerprint density at radius 1 is 0.857 bits per heavy atom. The maximum Gasteiger partial charge on any atom is 0.306 e. The predicted octanol–water partition coefficient (Wildman–Crippen LogP) is 8.55. The lowest BCUT2D eigenvalue weighted by molar-refractivity contribution is -0.144. The molecule has 0 saturated heterocycles. The number of benzene rings is 3. The topological polar surface area (TPSA) is 57.0 Å². The van der Waals surface area contributed by atoms with E-state index in [1.165, 1.54) is 11.1 Å². The van der Waals surface area contributed by atoms with Gasteiger partial charge in [0.15, 0.2) is 0 Å². The number of carbonyl (C=O) groups is 1. The normalized spacial score (nSPS) is 11.8. The molecule has 0 spiro atoms. The molecule has 2 heterocycles. The van der Waals surface area contributed by atoms with Crippen molar-refractivity contribution >= 4 is 27.9 Å². The fourth-order valence-electron chi connectivity index (χ4n) is 5.64. The lowest BCUT2D eigenvalue weighted by Gasteiger charge is -2.18. The van der Waals surface area contributed by atoms with Crippen LogP contribution in [0, 0.1) is 12.3 Å². The molecule has 42 heavy (non-hydrogen) atoms. The molecule has 5 rings (SSSR count). The maximum absolute atomic E-state index is 12.6. The molecule has 5 nitrogen and oxygen atoms in total. The Labute approximate surface area is 250 Å². The molecule has 0 aliphatic carbocycles. The van der Waals surface area contributed by atoms with Gasteiger partial charge in [-0.05, 0) is 59.9 Å². The first kappa shape index (κ1) is 29.5. The molecule has 5 aromatic rings. The summed E-state index contributed by atoms with van der Waals surface area (Å²) in [6.45, 7) is 12.0. The Balaban J connectivity index is 1.27. The summed E-state index contributed by atoms with van der Waals surface area (Å²) in [5.41, 5.74) is 9.02. The van der Waals surface area contributed by atoms with E-state index in [-0.39, 0.29) is 11.4 Å². The van der Waals surface area contributed by atoms with Gasteiger partial charge in [-0.1, -0.05) is 101 Å². The molecule has 0 amide bonds. The standard InChI is InChI=1S/C37H43N3O2/c1-6-7-15-33-39-35-26(2)38-32-14-9-8-13-31(32)36(35)40(33)24-30-12-10-11-27(22-30)20-21-34(41)42-25-29-18-16-28(17-19-29)23-37(3,4)5/h8-14,16-19,22H,6-7,15,20-21,23-25H2,1-5H3. The maximum atomic E-state index is 12.6. The molecule has 3 aromatic carbocycles. The van der Waals surface area contributed by atoms with Gasteiger partial charge in [-0.25, -0.2) is 4.98 Å². The smallest absolute Gasteiger partial charge is 0.306 e. The van der Waals surface area contributed by atoms with Crippen LogP contribution in [0.15, 0.2) is 72.8 Å². The number of carbonyl (C=O) groups excluding carboxylic acids is 1. The van der Waals surface area contributed by atoms with E-state index >= 15 is 0 Å². The molecule has 0 aliphatic heterocycles. The van der Waals surface area contributed by atoms with Gasteiger partial charge < -0.3 is 9.30 Å². The van der Waals surface area contributed by atoms with E-state index in [9.17, 15) is 4.79 Å². The molecule has 0 N–H and O–H groups in total. The highest BCUT2D eigenvalue weighted by atomic mass is 16.5. The van der Waals surface area contributed by atoms with Crippen LogP contribution in [0.4, 0.5) is 0 Å². The van der Waals surface area contributed by atoms with Crippen LogP contribution in [0.1, 0.15) is 80.7 Å². The molecule has 0 fully saturated rings. The molecule has 0 aliphatic rings. The number of aromatic nitrogens is 3. The molecular weight excluding hydrogens is 518 g/mol. The fourth-order valence-corrected chi connectivity index (χ4v) is 5.64. The van der Waals surface area contributed by atoms with Crippen LogP contribution < -0.4 is 0 Å². The van der Waals surface area contributed by atoms with Crippen LogP contribution in [-0.4, -0.2) is 20.5 Å². The summed E-state index contributed by atoms with van der Waals surface area (Å²) in [7, 11) is 0. The average Bonchev–Trinajstić information content (AvgIpc) is 3.33. The van der Waals surface area contributed by atoms with E-state index < -0.39 is 0 Å². The number of para-hydroxylation sites is 1. The summed E-state index contributed by atoms with van der Waals surface area (Å²) in [6, 6.07) is 25.3. The number of aryl methyl sites for hydroxylation is 3. The molecule has 2 aromatic heterocycles. The van der Waals surface area contributed by atoms with Crippen molar-refractivity contribution < 1.29 is 9.53 Å². The largest absolute Gasteiger partial charge is 0.461 e. The zero-order valence-corrected chi connectivity index (χ0v) is 25.7. The SMILES string of the molecule is CCCCc1nc2c(C)nc3ccccc3c2n1Cc1cccc(CCC(=O)OCc2ccc(CC(C)(C)C)cc2)c1. The third-order valence-corrected chi connectivity index (χ3v) is 7.70. The second kappa shape index (κ2) is 12.9. The molecule has 0 unspecified atom stereocenters. The van der Waals surface area contributed by atoms with Crippen molar-refractivity contribution in [3.63, 3.8) is 0 Å². The zero-order chi connectivity index (χ0) is 29.7. The van der Waals surface area contributed by atoms with Crippen molar-refractivity contribution in [1.82, 2.24) is 14.5 Å². The number of imidazole rings is 1. The first-order chi connectivity index (χ1) is 20.2. The van der Waals surface area contributed by atoms with E-state index in [0.717, 1.165) is 76.8 Å². The highest BCUT2D eigenvalue weighted by molar-refractivity contribution is 6.03.